The van der Waals surface area contributed by atoms with Gasteiger partial charge in [-0.25, -0.2) is 8.42 Å². The first-order valence-corrected chi connectivity index (χ1v) is 15.4. The molecule has 1 amide bonds. The molecule has 9 nitrogen and oxygen atoms in total. The maximum absolute atomic E-state index is 14.1. The van der Waals surface area contributed by atoms with Gasteiger partial charge in [0.2, 0.25) is 10.0 Å². The third-order valence-corrected chi connectivity index (χ3v) is 9.28. The minimum absolute atomic E-state index is 0.111. The van der Waals surface area contributed by atoms with Gasteiger partial charge in [0.1, 0.15) is 5.75 Å². The number of aliphatic hydroxyl groups excluding tert-OH is 1. The maximum Gasteiger partial charge on any atom is 0.258 e. The quantitative estimate of drug-likeness (QED) is 0.535. The van der Waals surface area contributed by atoms with Crippen molar-refractivity contribution in [2.45, 2.75) is 63.2 Å². The summed E-state index contributed by atoms with van der Waals surface area (Å²) in [6.45, 7) is 6.40. The molecule has 0 fully saturated rings. The molecule has 0 aliphatic carbocycles. The summed E-state index contributed by atoms with van der Waals surface area (Å²) in [5.74, 6) is 0.0412. The summed E-state index contributed by atoms with van der Waals surface area (Å²) in [6.07, 6.45) is 1.88. The van der Waals surface area contributed by atoms with Crippen LogP contribution < -0.4 is 9.64 Å². The number of likely N-dealkylation sites (N-methyl/N-ethyl adjacent to an activating group) is 1. The Kier molecular flexibility index (Phi) is 11.4. The normalized spacial score (nSPS) is 22.2. The Morgan fingerprint density at radius 2 is 1.77 bits per heavy atom. The van der Waals surface area contributed by atoms with Gasteiger partial charge in [0.05, 0.1) is 35.3 Å². The molecule has 0 radical (unpaired) electrons. The van der Waals surface area contributed by atoms with Crippen LogP contribution in [0.2, 0.25) is 0 Å². The molecule has 1 aliphatic rings. The third kappa shape index (κ3) is 7.96. The predicted molar refractivity (Wildman–Crippen MR) is 157 cm³/mol. The van der Waals surface area contributed by atoms with Crippen LogP contribution >= 0.6 is 0 Å². The first-order valence-electron chi connectivity index (χ1n) is 14.0. The summed E-state index contributed by atoms with van der Waals surface area (Å²) >= 11 is 0. The molecule has 4 atom stereocenters. The molecular weight excluding hydrogens is 530 g/mol. The average molecular weight is 576 g/mol. The number of carbonyl (C=O) groups excluding carboxylic acids is 1. The lowest BCUT2D eigenvalue weighted by Crippen LogP contribution is -2.48. The number of rotatable bonds is 7. The maximum atomic E-state index is 14.1. The van der Waals surface area contributed by atoms with Gasteiger partial charge in [0.25, 0.3) is 5.91 Å². The number of sulfonamides is 1. The van der Waals surface area contributed by atoms with Gasteiger partial charge in [-0.15, -0.1) is 0 Å². The molecule has 2 aromatic carbocycles. The van der Waals surface area contributed by atoms with Crippen molar-refractivity contribution in [1.82, 2.24) is 9.21 Å². The van der Waals surface area contributed by atoms with Crippen LogP contribution in [0.5, 0.6) is 5.75 Å². The largest absolute Gasteiger partial charge is 0.490 e. The molecule has 1 N–H and O–H groups in total. The number of hydrogen-bond acceptors (Lipinski definition) is 7. The van der Waals surface area contributed by atoms with E-state index >= 15 is 0 Å². The summed E-state index contributed by atoms with van der Waals surface area (Å²) in [7, 11) is 1.67. The molecule has 0 saturated carbocycles. The van der Waals surface area contributed by atoms with Crippen molar-refractivity contribution in [3.05, 3.63) is 54.1 Å². The Bertz CT molecular complexity index is 1210. The lowest BCUT2D eigenvalue weighted by molar-refractivity contribution is -0.00833. The summed E-state index contributed by atoms with van der Waals surface area (Å²) in [5.41, 5.74) is 1.30. The first kappa shape index (κ1) is 31.9. The molecule has 1 heterocycles. The van der Waals surface area contributed by atoms with Crippen molar-refractivity contribution >= 4 is 21.6 Å². The highest BCUT2D eigenvalue weighted by Crippen LogP contribution is 2.29. The summed E-state index contributed by atoms with van der Waals surface area (Å²) in [6, 6.07) is 13.5. The van der Waals surface area contributed by atoms with Gasteiger partial charge in [-0.3, -0.25) is 4.79 Å². The standard InChI is InChI=1S/C30H45N3O6S/c1-22-19-33(23(2)21-34)30(35)27-18-25(31(4)5)15-16-28(27)39-24(3)12-10-11-17-38-29(22)20-32(6)40(36,37)26-13-8-7-9-14-26/h7-9,13-16,18,22-24,29,34H,10-12,17,19-21H2,1-6H3/t22-,23-,24-,29-/m1/s1. The van der Waals surface area contributed by atoms with E-state index in [1.54, 1.807) is 49.2 Å². The molecule has 222 valence electrons. The summed E-state index contributed by atoms with van der Waals surface area (Å²) in [4.78, 5) is 17.9. The molecule has 0 saturated heterocycles. The lowest BCUT2D eigenvalue weighted by Gasteiger charge is -2.35. The minimum Gasteiger partial charge on any atom is -0.490 e. The smallest absolute Gasteiger partial charge is 0.258 e. The van der Waals surface area contributed by atoms with Gasteiger partial charge < -0.3 is 24.4 Å². The van der Waals surface area contributed by atoms with Crippen LogP contribution in [0, 0.1) is 5.92 Å². The second kappa shape index (κ2) is 14.3. The number of aliphatic hydroxyl groups is 1. The van der Waals surface area contributed by atoms with E-state index in [0.29, 0.717) is 17.9 Å². The molecule has 0 aromatic heterocycles. The number of anilines is 1. The van der Waals surface area contributed by atoms with Crippen molar-refractivity contribution in [2.75, 3.05) is 52.3 Å². The van der Waals surface area contributed by atoms with E-state index in [0.717, 1.165) is 24.9 Å². The van der Waals surface area contributed by atoms with Gasteiger partial charge in [0.15, 0.2) is 0 Å². The van der Waals surface area contributed by atoms with Gasteiger partial charge in [-0.1, -0.05) is 25.1 Å². The van der Waals surface area contributed by atoms with Crippen molar-refractivity contribution in [1.29, 1.82) is 0 Å². The molecule has 40 heavy (non-hydrogen) atoms. The Morgan fingerprint density at radius 3 is 2.42 bits per heavy atom. The molecule has 1 aliphatic heterocycles. The van der Waals surface area contributed by atoms with E-state index in [9.17, 15) is 18.3 Å². The number of carbonyl (C=O) groups is 1. The van der Waals surface area contributed by atoms with E-state index < -0.39 is 22.2 Å². The van der Waals surface area contributed by atoms with Gasteiger partial charge in [0, 0.05) is 52.4 Å². The van der Waals surface area contributed by atoms with Crippen molar-refractivity contribution in [3.8, 4) is 5.75 Å². The molecule has 3 rings (SSSR count). The first-order chi connectivity index (χ1) is 18.9. The van der Waals surface area contributed by atoms with Crippen LogP contribution in [0.1, 0.15) is 50.4 Å². The van der Waals surface area contributed by atoms with Crippen LogP contribution in [-0.2, 0) is 14.8 Å². The Balaban J connectivity index is 1.96. The van der Waals surface area contributed by atoms with E-state index in [2.05, 4.69) is 0 Å². The number of benzene rings is 2. The highest BCUT2D eigenvalue weighted by molar-refractivity contribution is 7.89. The van der Waals surface area contributed by atoms with Gasteiger partial charge in [-0.05, 0) is 63.4 Å². The van der Waals surface area contributed by atoms with Crippen molar-refractivity contribution in [3.63, 3.8) is 0 Å². The molecule has 0 bridgehead atoms. The zero-order valence-electron chi connectivity index (χ0n) is 24.6. The monoisotopic (exact) mass is 575 g/mol. The van der Waals surface area contributed by atoms with E-state index in [4.69, 9.17) is 9.47 Å². The van der Waals surface area contributed by atoms with Crippen molar-refractivity contribution in [2.24, 2.45) is 5.92 Å². The zero-order chi connectivity index (χ0) is 29.4. The predicted octanol–water partition coefficient (Wildman–Crippen LogP) is 3.87. The SMILES string of the molecule is C[C@@H]1CCCCO[C@H](CN(C)S(=O)(=O)c2ccccc2)[C@H](C)CN([C@H](C)CO)C(=O)c2cc(N(C)C)ccc2O1. The molecule has 2 aromatic rings. The molecule has 0 unspecified atom stereocenters. The second-order valence-electron chi connectivity index (χ2n) is 11.0. The lowest BCUT2D eigenvalue weighted by atomic mass is 10.0. The third-order valence-electron chi connectivity index (χ3n) is 7.44. The number of nitrogens with zero attached hydrogens (tertiary/aromatic N) is 3. The van der Waals surface area contributed by atoms with Gasteiger partial charge in [-0.2, -0.15) is 4.31 Å². The van der Waals surface area contributed by atoms with Crippen molar-refractivity contribution < 1.29 is 27.8 Å². The number of fused-ring (bicyclic) bond motifs is 1. The molecular formula is C30H45N3O6S. The van der Waals surface area contributed by atoms with Crippen LogP contribution in [0.4, 0.5) is 5.69 Å². The zero-order valence-corrected chi connectivity index (χ0v) is 25.4. The fourth-order valence-electron chi connectivity index (χ4n) is 4.78. The highest BCUT2D eigenvalue weighted by atomic mass is 32.2. The number of ether oxygens (including phenoxy) is 2. The Morgan fingerprint density at radius 1 is 1.07 bits per heavy atom. The second-order valence-corrected chi connectivity index (χ2v) is 13.0. The number of amides is 1. The Labute approximate surface area is 239 Å². The minimum atomic E-state index is -3.72. The van der Waals surface area contributed by atoms with E-state index in [1.807, 2.05) is 51.0 Å². The van der Waals surface area contributed by atoms with Crippen LogP contribution in [0.25, 0.3) is 0 Å². The van der Waals surface area contributed by atoms with Crippen LogP contribution in [0.15, 0.2) is 53.4 Å². The fraction of sp³-hybridized carbons (Fsp3) is 0.567. The van der Waals surface area contributed by atoms with Crippen LogP contribution in [-0.4, -0.2) is 94.3 Å². The average Bonchev–Trinajstić information content (AvgIpc) is 2.94. The molecule has 10 heteroatoms. The van der Waals surface area contributed by atoms with E-state index in [-0.39, 0.29) is 42.5 Å². The van der Waals surface area contributed by atoms with Crippen LogP contribution in [0.3, 0.4) is 0 Å². The van der Waals surface area contributed by atoms with E-state index in [1.165, 1.54) is 4.31 Å². The van der Waals surface area contributed by atoms with Gasteiger partial charge >= 0.3 is 0 Å². The summed E-state index contributed by atoms with van der Waals surface area (Å²) in [5, 5.41) is 10.1. The molecule has 0 spiro atoms. The number of hydrogen-bond donors (Lipinski definition) is 1. The Hall–Kier alpha value is -2.66. The highest BCUT2D eigenvalue weighted by Gasteiger charge is 2.32. The summed E-state index contributed by atoms with van der Waals surface area (Å²) < 4.78 is 40.4. The topological polar surface area (TPSA) is 99.6 Å². The fourth-order valence-corrected chi connectivity index (χ4v) is 5.98.